The second-order valence-electron chi connectivity index (χ2n) is 2.93. The molecule has 92 valence electrons. The van der Waals surface area contributed by atoms with Crippen LogP contribution >= 0.6 is 0 Å². The Morgan fingerprint density at radius 3 is 2.35 bits per heavy atom. The van der Waals surface area contributed by atoms with Crippen molar-refractivity contribution in [2.75, 3.05) is 7.11 Å². The highest BCUT2D eigenvalue weighted by atomic mass is 32.2. The zero-order chi connectivity index (χ0) is 13.3. The number of ether oxygens (including phenoxy) is 1. The molecule has 0 unspecified atom stereocenters. The van der Waals surface area contributed by atoms with Gasteiger partial charge in [-0.15, -0.1) is 0 Å². The van der Waals surface area contributed by atoms with Gasteiger partial charge < -0.3 is 4.74 Å². The Morgan fingerprint density at radius 1 is 1.35 bits per heavy atom. The maximum absolute atomic E-state index is 12.3. The molecule has 0 aliphatic heterocycles. The molecule has 0 aliphatic carbocycles. The number of benzene rings is 1. The van der Waals surface area contributed by atoms with E-state index >= 15 is 0 Å². The van der Waals surface area contributed by atoms with Crippen molar-refractivity contribution in [3.8, 4) is 11.8 Å². The minimum Gasteiger partial charge on any atom is -0.495 e. The number of hydrogen-bond donors (Lipinski definition) is 0. The highest BCUT2D eigenvalue weighted by Gasteiger charge is 2.48. The third-order valence-electron chi connectivity index (χ3n) is 1.89. The lowest BCUT2D eigenvalue weighted by Gasteiger charge is -2.11. The summed E-state index contributed by atoms with van der Waals surface area (Å²) in [6.45, 7) is 0. The van der Waals surface area contributed by atoms with Crippen molar-refractivity contribution in [3.63, 3.8) is 0 Å². The SMILES string of the molecule is COc1cc(C#N)ccc1S(=O)(=O)C(F)(F)F. The largest absolute Gasteiger partial charge is 0.502 e. The van der Waals surface area contributed by atoms with Gasteiger partial charge >= 0.3 is 5.51 Å². The van der Waals surface area contributed by atoms with Gasteiger partial charge in [0.15, 0.2) is 0 Å². The lowest BCUT2D eigenvalue weighted by molar-refractivity contribution is -0.0437. The van der Waals surface area contributed by atoms with Gasteiger partial charge in [-0.3, -0.25) is 0 Å². The van der Waals surface area contributed by atoms with Gasteiger partial charge in [-0.05, 0) is 18.2 Å². The maximum Gasteiger partial charge on any atom is 0.502 e. The van der Waals surface area contributed by atoms with E-state index in [4.69, 9.17) is 5.26 Å². The number of hydrogen-bond acceptors (Lipinski definition) is 4. The summed E-state index contributed by atoms with van der Waals surface area (Å²) in [6, 6.07) is 4.26. The summed E-state index contributed by atoms with van der Waals surface area (Å²) in [6.07, 6.45) is 0. The van der Waals surface area contributed by atoms with Crippen molar-refractivity contribution < 1.29 is 26.3 Å². The van der Waals surface area contributed by atoms with Crippen LogP contribution in [0.2, 0.25) is 0 Å². The Hall–Kier alpha value is -1.75. The van der Waals surface area contributed by atoms with Crippen LogP contribution in [0.15, 0.2) is 23.1 Å². The van der Waals surface area contributed by atoms with E-state index in [0.29, 0.717) is 6.07 Å². The van der Waals surface area contributed by atoms with Gasteiger partial charge in [-0.2, -0.15) is 18.4 Å². The summed E-state index contributed by atoms with van der Waals surface area (Å²) < 4.78 is 63.8. The fourth-order valence-corrected chi connectivity index (χ4v) is 1.99. The Bertz CT molecular complexity index is 572. The minimum absolute atomic E-state index is 0.00275. The van der Waals surface area contributed by atoms with Crippen molar-refractivity contribution in [2.24, 2.45) is 0 Å². The normalized spacial score (nSPS) is 11.9. The Morgan fingerprint density at radius 2 is 1.94 bits per heavy atom. The van der Waals surface area contributed by atoms with Crippen LogP contribution in [0.1, 0.15) is 5.56 Å². The van der Waals surface area contributed by atoms with E-state index in [1.165, 1.54) is 0 Å². The fourth-order valence-electron chi connectivity index (χ4n) is 1.08. The molecule has 17 heavy (non-hydrogen) atoms. The lowest BCUT2D eigenvalue weighted by atomic mass is 10.2. The van der Waals surface area contributed by atoms with Crippen molar-refractivity contribution in [1.29, 1.82) is 5.26 Å². The van der Waals surface area contributed by atoms with Crippen molar-refractivity contribution in [2.45, 2.75) is 10.4 Å². The molecule has 0 saturated heterocycles. The number of nitriles is 1. The molecule has 0 radical (unpaired) electrons. The average Bonchev–Trinajstić information content (AvgIpc) is 2.26. The first-order chi connectivity index (χ1) is 7.74. The molecule has 0 bridgehead atoms. The zero-order valence-corrected chi connectivity index (χ0v) is 9.26. The highest BCUT2D eigenvalue weighted by Crippen LogP contribution is 2.35. The van der Waals surface area contributed by atoms with Gasteiger partial charge in [-0.25, -0.2) is 8.42 Å². The Balaban J connectivity index is 3.49. The summed E-state index contributed by atoms with van der Waals surface area (Å²) in [5.74, 6) is -0.513. The molecule has 8 heteroatoms. The van der Waals surface area contributed by atoms with E-state index in [1.807, 2.05) is 0 Å². The summed E-state index contributed by atoms with van der Waals surface area (Å²) in [4.78, 5) is -1.01. The first-order valence-corrected chi connectivity index (χ1v) is 5.62. The quantitative estimate of drug-likeness (QED) is 0.818. The van der Waals surface area contributed by atoms with Crippen LogP contribution in [0.4, 0.5) is 13.2 Å². The minimum atomic E-state index is -5.48. The summed E-state index contributed by atoms with van der Waals surface area (Å²) >= 11 is 0. The van der Waals surface area contributed by atoms with Gasteiger partial charge in [0.2, 0.25) is 0 Å². The number of alkyl halides is 3. The van der Waals surface area contributed by atoms with Gasteiger partial charge in [0.25, 0.3) is 9.84 Å². The van der Waals surface area contributed by atoms with E-state index in [0.717, 1.165) is 19.2 Å². The van der Waals surface area contributed by atoms with Gasteiger partial charge in [0.1, 0.15) is 10.6 Å². The molecule has 0 amide bonds. The molecule has 4 nitrogen and oxygen atoms in total. The van der Waals surface area contributed by atoms with Crippen LogP contribution in [-0.2, 0) is 9.84 Å². The number of methoxy groups -OCH3 is 1. The van der Waals surface area contributed by atoms with Crippen LogP contribution in [0, 0.1) is 11.3 Å². The predicted molar refractivity (Wildman–Crippen MR) is 50.9 cm³/mol. The maximum atomic E-state index is 12.3. The molecule has 1 aromatic carbocycles. The molecule has 0 aromatic heterocycles. The first kappa shape index (κ1) is 13.3. The monoisotopic (exact) mass is 265 g/mol. The molecule has 0 spiro atoms. The third kappa shape index (κ3) is 2.34. The van der Waals surface area contributed by atoms with Crippen molar-refractivity contribution in [1.82, 2.24) is 0 Å². The molecule has 1 rings (SSSR count). The molecule has 0 atom stereocenters. The molecular weight excluding hydrogens is 259 g/mol. The first-order valence-electron chi connectivity index (χ1n) is 4.13. The van der Waals surface area contributed by atoms with Crippen LogP contribution < -0.4 is 4.74 Å². The van der Waals surface area contributed by atoms with Crippen LogP contribution in [0.3, 0.4) is 0 Å². The Labute approximate surface area is 95.2 Å². The van der Waals surface area contributed by atoms with Crippen LogP contribution in [0.5, 0.6) is 5.75 Å². The molecule has 0 aliphatic rings. The summed E-state index contributed by atoms with van der Waals surface area (Å²) in [5.41, 5.74) is -5.41. The average molecular weight is 265 g/mol. The fraction of sp³-hybridized carbons (Fsp3) is 0.222. The van der Waals surface area contributed by atoms with E-state index in [-0.39, 0.29) is 5.56 Å². The van der Waals surface area contributed by atoms with Crippen LogP contribution in [-0.4, -0.2) is 21.0 Å². The van der Waals surface area contributed by atoms with Crippen molar-refractivity contribution in [3.05, 3.63) is 23.8 Å². The smallest absolute Gasteiger partial charge is 0.495 e. The summed E-state index contributed by atoms with van der Waals surface area (Å²) in [7, 11) is -4.46. The third-order valence-corrected chi connectivity index (χ3v) is 3.41. The molecule has 0 fully saturated rings. The van der Waals surface area contributed by atoms with Gasteiger partial charge in [0.05, 0.1) is 18.7 Å². The van der Waals surface area contributed by atoms with E-state index in [9.17, 15) is 21.6 Å². The highest BCUT2D eigenvalue weighted by molar-refractivity contribution is 7.92. The molecule has 0 N–H and O–H groups in total. The molecule has 0 saturated carbocycles. The van der Waals surface area contributed by atoms with E-state index in [1.54, 1.807) is 6.07 Å². The molecule has 1 aromatic rings. The van der Waals surface area contributed by atoms with E-state index in [2.05, 4.69) is 4.74 Å². The second-order valence-corrected chi connectivity index (χ2v) is 4.84. The summed E-state index contributed by atoms with van der Waals surface area (Å²) in [5, 5.41) is 8.53. The van der Waals surface area contributed by atoms with Gasteiger partial charge in [0, 0.05) is 0 Å². The molecule has 0 heterocycles. The zero-order valence-electron chi connectivity index (χ0n) is 8.45. The number of sulfone groups is 1. The number of nitrogens with zero attached hydrogens (tertiary/aromatic N) is 1. The van der Waals surface area contributed by atoms with Gasteiger partial charge in [-0.1, -0.05) is 0 Å². The predicted octanol–water partition coefficient (Wildman–Crippen LogP) is 1.86. The second kappa shape index (κ2) is 4.25. The number of halogens is 3. The van der Waals surface area contributed by atoms with E-state index < -0.39 is 26.0 Å². The topological polar surface area (TPSA) is 67.2 Å². The molecular formula is C9H6F3NO3S. The lowest BCUT2D eigenvalue weighted by Crippen LogP contribution is -2.23. The number of rotatable bonds is 2. The standard InChI is InChI=1S/C9H6F3NO3S/c1-16-7-4-6(5-13)2-3-8(7)17(14,15)9(10,11)12/h2-4H,1H3. The van der Waals surface area contributed by atoms with Crippen molar-refractivity contribution >= 4 is 9.84 Å². The Kier molecular flexibility index (Phi) is 3.33. The van der Waals surface area contributed by atoms with Crippen LogP contribution in [0.25, 0.3) is 0 Å².